The van der Waals surface area contributed by atoms with E-state index in [-0.39, 0.29) is 42.4 Å². The van der Waals surface area contributed by atoms with Crippen molar-refractivity contribution in [2.24, 2.45) is 5.92 Å². The molecule has 3 amide bonds. The van der Waals surface area contributed by atoms with Crippen molar-refractivity contribution in [2.75, 3.05) is 39.2 Å². The first kappa shape index (κ1) is 27.1. The van der Waals surface area contributed by atoms with Crippen molar-refractivity contribution in [1.82, 2.24) is 14.8 Å². The first-order chi connectivity index (χ1) is 17.2. The number of likely N-dealkylation sites (N-methyl/N-ethyl adjacent to an activating group) is 1. The molecule has 9 heteroatoms. The Morgan fingerprint density at radius 1 is 1.17 bits per heavy atom. The monoisotopic (exact) mass is 496 g/mol. The minimum absolute atomic E-state index is 0.0476. The fraction of sp³-hybridized carbons (Fsp3) is 0.481. The molecule has 2 heterocycles. The van der Waals surface area contributed by atoms with Gasteiger partial charge in [-0.2, -0.15) is 0 Å². The second-order valence-corrected chi connectivity index (χ2v) is 9.30. The molecule has 1 aromatic carbocycles. The average molecular weight is 497 g/mol. The molecule has 2 aromatic rings. The Balaban J connectivity index is 1.97. The van der Waals surface area contributed by atoms with Gasteiger partial charge < -0.3 is 24.6 Å². The topological polar surface area (TPSA) is 101 Å². The summed E-state index contributed by atoms with van der Waals surface area (Å²) < 4.78 is 11.9. The summed E-state index contributed by atoms with van der Waals surface area (Å²) in [4.78, 5) is 46.3. The molecular formula is C27H36N4O5. The van der Waals surface area contributed by atoms with E-state index in [1.165, 1.54) is 0 Å². The van der Waals surface area contributed by atoms with Crippen molar-refractivity contribution in [3.63, 3.8) is 0 Å². The molecule has 0 aliphatic carbocycles. The predicted molar refractivity (Wildman–Crippen MR) is 137 cm³/mol. The number of carbonyl (C=O) groups excluding carboxylic acids is 3. The van der Waals surface area contributed by atoms with Gasteiger partial charge in [-0.25, -0.2) is 0 Å². The first-order valence-electron chi connectivity index (χ1n) is 12.3. The normalized spacial score (nSPS) is 21.0. The molecule has 194 valence electrons. The number of anilines is 1. The van der Waals surface area contributed by atoms with Crippen LogP contribution < -0.4 is 10.1 Å². The molecular weight excluding hydrogens is 460 g/mol. The van der Waals surface area contributed by atoms with E-state index in [1.807, 2.05) is 20.8 Å². The Morgan fingerprint density at radius 2 is 1.89 bits per heavy atom. The first-order valence-corrected chi connectivity index (χ1v) is 12.3. The van der Waals surface area contributed by atoms with E-state index in [0.717, 1.165) is 6.42 Å². The largest absolute Gasteiger partial charge is 0.491 e. The number of nitrogens with one attached hydrogen (secondary N) is 1. The molecule has 1 aromatic heterocycles. The van der Waals surface area contributed by atoms with E-state index >= 15 is 0 Å². The van der Waals surface area contributed by atoms with Gasteiger partial charge in [0.15, 0.2) is 0 Å². The molecule has 36 heavy (non-hydrogen) atoms. The lowest BCUT2D eigenvalue weighted by atomic mass is 10.0. The van der Waals surface area contributed by atoms with Crippen molar-refractivity contribution >= 4 is 23.4 Å². The van der Waals surface area contributed by atoms with Crippen molar-refractivity contribution in [3.05, 3.63) is 53.9 Å². The molecule has 9 nitrogen and oxygen atoms in total. The van der Waals surface area contributed by atoms with Gasteiger partial charge in [-0.3, -0.25) is 19.4 Å². The summed E-state index contributed by atoms with van der Waals surface area (Å²) in [5.41, 5.74) is 1.47. The van der Waals surface area contributed by atoms with Crippen molar-refractivity contribution < 1.29 is 23.9 Å². The zero-order valence-electron chi connectivity index (χ0n) is 21.7. The maximum absolute atomic E-state index is 13.5. The average Bonchev–Trinajstić information content (AvgIpc) is 2.88. The van der Waals surface area contributed by atoms with Crippen LogP contribution in [0, 0.1) is 5.92 Å². The molecule has 3 atom stereocenters. The van der Waals surface area contributed by atoms with E-state index in [4.69, 9.17) is 9.47 Å². The molecule has 3 rings (SSSR count). The fourth-order valence-corrected chi connectivity index (χ4v) is 4.24. The number of nitrogens with zero attached hydrogens (tertiary/aromatic N) is 3. The standard InChI is InChI=1S/C27H36N4O5/c1-6-7-25(32)29-21-8-9-22-23(14-21)36-17-19(3)31(26(33)20-10-12-28-13-11-20)15-18(2)24(35-5)16-30(4)27(22)34/h8-14,18-19,24H,6-7,15-17H2,1-5H3,(H,29,32)/t18-,19+,24-/m1/s1. The quantitative estimate of drug-likeness (QED) is 0.680. The van der Waals surface area contributed by atoms with E-state index in [2.05, 4.69) is 10.3 Å². The molecule has 0 saturated heterocycles. The van der Waals surface area contributed by atoms with Crippen LogP contribution in [0.1, 0.15) is 54.3 Å². The Morgan fingerprint density at radius 3 is 2.56 bits per heavy atom. The van der Waals surface area contributed by atoms with Crippen LogP contribution in [-0.2, 0) is 9.53 Å². The number of methoxy groups -OCH3 is 1. The number of carbonyl (C=O) groups is 3. The van der Waals surface area contributed by atoms with Crippen LogP contribution in [0.15, 0.2) is 42.7 Å². The van der Waals surface area contributed by atoms with Crippen LogP contribution in [0.5, 0.6) is 5.75 Å². The van der Waals surface area contributed by atoms with E-state index in [9.17, 15) is 14.4 Å². The number of hydrogen-bond acceptors (Lipinski definition) is 6. The maximum Gasteiger partial charge on any atom is 0.257 e. The van der Waals surface area contributed by atoms with Gasteiger partial charge in [-0.1, -0.05) is 13.8 Å². The lowest BCUT2D eigenvalue weighted by Crippen LogP contribution is -2.48. The van der Waals surface area contributed by atoms with Crippen molar-refractivity contribution in [3.8, 4) is 5.75 Å². The minimum atomic E-state index is -0.302. The summed E-state index contributed by atoms with van der Waals surface area (Å²) in [6.45, 7) is 6.79. The predicted octanol–water partition coefficient (Wildman–Crippen LogP) is 3.47. The van der Waals surface area contributed by atoms with Gasteiger partial charge in [0.1, 0.15) is 12.4 Å². The van der Waals surface area contributed by atoms with Gasteiger partial charge in [-0.15, -0.1) is 0 Å². The van der Waals surface area contributed by atoms with Crippen LogP contribution in [0.25, 0.3) is 0 Å². The lowest BCUT2D eigenvalue weighted by molar-refractivity contribution is -0.116. The third kappa shape index (κ3) is 6.60. The van der Waals surface area contributed by atoms with Gasteiger partial charge in [0.25, 0.3) is 11.8 Å². The summed E-state index contributed by atoms with van der Waals surface area (Å²) in [7, 11) is 3.34. The summed E-state index contributed by atoms with van der Waals surface area (Å²) >= 11 is 0. The number of rotatable bonds is 5. The number of benzene rings is 1. The lowest BCUT2D eigenvalue weighted by Gasteiger charge is -2.36. The Labute approximate surface area is 212 Å². The molecule has 0 saturated carbocycles. The van der Waals surface area contributed by atoms with Crippen LogP contribution >= 0.6 is 0 Å². The van der Waals surface area contributed by atoms with Crippen molar-refractivity contribution in [1.29, 1.82) is 0 Å². The highest BCUT2D eigenvalue weighted by Crippen LogP contribution is 2.27. The summed E-state index contributed by atoms with van der Waals surface area (Å²) in [5, 5.41) is 2.85. The fourth-order valence-electron chi connectivity index (χ4n) is 4.24. The zero-order valence-corrected chi connectivity index (χ0v) is 21.7. The highest BCUT2D eigenvalue weighted by Gasteiger charge is 2.30. The third-order valence-electron chi connectivity index (χ3n) is 6.40. The van der Waals surface area contributed by atoms with Gasteiger partial charge in [-0.05, 0) is 37.6 Å². The second kappa shape index (κ2) is 12.5. The highest BCUT2D eigenvalue weighted by atomic mass is 16.5. The number of hydrogen-bond donors (Lipinski definition) is 1. The molecule has 1 N–H and O–H groups in total. The Kier molecular flexibility index (Phi) is 9.41. The molecule has 0 radical (unpaired) electrons. The highest BCUT2D eigenvalue weighted by molar-refractivity contribution is 5.98. The number of fused-ring (bicyclic) bond motifs is 1. The second-order valence-electron chi connectivity index (χ2n) is 9.30. The third-order valence-corrected chi connectivity index (χ3v) is 6.40. The number of ether oxygens (including phenoxy) is 2. The smallest absolute Gasteiger partial charge is 0.257 e. The Bertz CT molecular complexity index is 1060. The zero-order chi connectivity index (χ0) is 26.2. The molecule has 1 aliphatic rings. The van der Waals surface area contributed by atoms with Crippen LogP contribution in [0.4, 0.5) is 5.69 Å². The van der Waals surface area contributed by atoms with Gasteiger partial charge in [0, 0.05) is 69.3 Å². The van der Waals surface area contributed by atoms with Crippen LogP contribution in [0.2, 0.25) is 0 Å². The summed E-state index contributed by atoms with van der Waals surface area (Å²) in [6.07, 6.45) is 4.04. The number of pyridine rings is 1. The van der Waals surface area contributed by atoms with E-state index < -0.39 is 0 Å². The van der Waals surface area contributed by atoms with Gasteiger partial charge >= 0.3 is 0 Å². The molecule has 0 fully saturated rings. The van der Waals surface area contributed by atoms with E-state index in [0.29, 0.717) is 42.1 Å². The number of amides is 3. The van der Waals surface area contributed by atoms with Gasteiger partial charge in [0.2, 0.25) is 5.91 Å². The molecule has 0 unspecified atom stereocenters. The summed E-state index contributed by atoms with van der Waals surface area (Å²) in [6, 6.07) is 8.11. The Hall–Kier alpha value is -3.46. The minimum Gasteiger partial charge on any atom is -0.491 e. The van der Waals surface area contributed by atoms with Crippen LogP contribution in [-0.4, -0.2) is 78.5 Å². The maximum atomic E-state index is 13.5. The van der Waals surface area contributed by atoms with E-state index in [1.54, 1.807) is 66.7 Å². The molecule has 0 bridgehead atoms. The van der Waals surface area contributed by atoms with Crippen LogP contribution in [0.3, 0.4) is 0 Å². The molecule has 0 spiro atoms. The number of aromatic nitrogens is 1. The molecule has 1 aliphatic heterocycles. The van der Waals surface area contributed by atoms with Gasteiger partial charge in [0.05, 0.1) is 17.7 Å². The van der Waals surface area contributed by atoms with Crippen molar-refractivity contribution in [2.45, 2.75) is 45.8 Å². The summed E-state index contributed by atoms with van der Waals surface area (Å²) in [5.74, 6) is -0.130. The SMILES string of the molecule is CCCC(=O)Nc1ccc2c(c1)OC[C@H](C)N(C(=O)c1ccncc1)C[C@@H](C)[C@H](OC)CN(C)C2=O.